The summed E-state index contributed by atoms with van der Waals surface area (Å²) in [5.74, 6) is 1.24. The molecule has 318 valence electrons. The number of carbonyl (C=O) groups is 1. The minimum Gasteiger partial charge on any atom is -0.497 e. The Morgan fingerprint density at radius 2 is 1.36 bits per heavy atom. The summed E-state index contributed by atoms with van der Waals surface area (Å²) in [5, 5.41) is 2.64. The standard InChI is InChI=1S/C45H50N5O9PSi/c1-44(2,3)61(7,8)59-39-38(58-60(52)55-6)36(57-43(39)50-29-48-37-40(46-28-47-41(37)50)49-42(51)30-15-11-9-12-16-30)27-56-45(31-17-13-10-14-18-31,32-19-23-34(53-4)24-20-32)33-21-25-35(54-5)26-22-33/h9-26,28-29,36,38-39,43H,27H2,1-8H3/p+1/t36-,38-,39-,43-/m1/s1. The van der Waals surface area contributed by atoms with Crippen LogP contribution in [0.15, 0.2) is 122 Å². The number of amides is 1. The van der Waals surface area contributed by atoms with Crippen molar-refractivity contribution in [3.63, 3.8) is 0 Å². The van der Waals surface area contributed by atoms with Crippen molar-refractivity contribution in [1.29, 1.82) is 0 Å². The summed E-state index contributed by atoms with van der Waals surface area (Å²) in [4.78, 5) is 26.9. The molecule has 61 heavy (non-hydrogen) atoms. The van der Waals surface area contributed by atoms with Crippen LogP contribution in [0.2, 0.25) is 18.1 Å². The predicted molar refractivity (Wildman–Crippen MR) is 233 cm³/mol. The Labute approximate surface area is 357 Å². The first kappa shape index (κ1) is 43.7. The molecule has 3 heterocycles. The van der Waals surface area contributed by atoms with Gasteiger partial charge in [0.25, 0.3) is 5.91 Å². The zero-order valence-corrected chi connectivity index (χ0v) is 37.4. The highest BCUT2D eigenvalue weighted by atomic mass is 31.1. The van der Waals surface area contributed by atoms with E-state index in [0.29, 0.717) is 28.2 Å². The van der Waals surface area contributed by atoms with Crippen LogP contribution in [0.25, 0.3) is 11.2 Å². The molecule has 0 spiro atoms. The highest BCUT2D eigenvalue weighted by Crippen LogP contribution is 2.47. The Morgan fingerprint density at radius 3 is 1.92 bits per heavy atom. The molecule has 1 N–H and O–H groups in total. The topological polar surface area (TPSA) is 154 Å². The second-order valence-corrected chi connectivity index (χ2v) is 21.8. The molecule has 1 aliphatic heterocycles. The predicted octanol–water partition coefficient (Wildman–Crippen LogP) is 9.08. The second kappa shape index (κ2) is 18.3. The van der Waals surface area contributed by atoms with E-state index in [-0.39, 0.29) is 23.4 Å². The minimum atomic E-state index is -2.62. The van der Waals surface area contributed by atoms with E-state index in [0.717, 1.165) is 16.7 Å². The number of hydrogen-bond acceptors (Lipinski definition) is 12. The number of anilines is 1. The van der Waals surface area contributed by atoms with Crippen LogP contribution in [-0.4, -0.2) is 80.0 Å². The Morgan fingerprint density at radius 1 is 0.787 bits per heavy atom. The van der Waals surface area contributed by atoms with Gasteiger partial charge in [-0.25, -0.2) is 15.0 Å². The number of carbonyl (C=O) groups excluding carboxylic acids is 1. The van der Waals surface area contributed by atoms with E-state index in [2.05, 4.69) is 54.1 Å². The molecule has 1 unspecified atom stereocenters. The number of imidazole rings is 1. The fourth-order valence-electron chi connectivity index (χ4n) is 7.16. The van der Waals surface area contributed by atoms with Crippen molar-refractivity contribution < 1.29 is 41.8 Å². The molecule has 5 atom stereocenters. The highest BCUT2D eigenvalue weighted by molar-refractivity contribution is 7.33. The Balaban J connectivity index is 1.34. The average Bonchev–Trinajstić information content (AvgIpc) is 3.85. The first-order valence-electron chi connectivity index (χ1n) is 19.8. The van der Waals surface area contributed by atoms with Crippen LogP contribution in [0.1, 0.15) is 54.0 Å². The molecular weight excluding hydrogens is 814 g/mol. The fourth-order valence-corrected chi connectivity index (χ4v) is 8.98. The molecule has 1 fully saturated rings. The molecule has 16 heteroatoms. The number of rotatable bonds is 16. The van der Waals surface area contributed by atoms with Crippen molar-refractivity contribution in [1.82, 2.24) is 19.5 Å². The van der Waals surface area contributed by atoms with E-state index in [4.69, 9.17) is 32.4 Å². The van der Waals surface area contributed by atoms with E-state index in [1.807, 2.05) is 84.9 Å². The molecule has 0 saturated carbocycles. The first-order chi connectivity index (χ1) is 29.3. The largest absolute Gasteiger partial charge is 0.697 e. The molecule has 0 aliphatic carbocycles. The van der Waals surface area contributed by atoms with Crippen molar-refractivity contribution in [3.8, 4) is 11.5 Å². The number of fused-ring (bicyclic) bond motifs is 1. The van der Waals surface area contributed by atoms with Gasteiger partial charge in [0.1, 0.15) is 35.6 Å². The molecule has 1 aliphatic rings. The molecule has 6 aromatic rings. The molecule has 7 rings (SSSR count). The SMILES string of the molecule is COc1ccc(C(OC[C@H]2O[C@@H](n3cnc4c(NC(=O)c5ccccc5)ncnc43)[C@H](O[Si](C)(C)C(C)(C)C)[C@@H]2O[P+](=O)OC)(c2ccccc2)c2ccc(OC)cc2)cc1. The van der Waals surface area contributed by atoms with Crippen molar-refractivity contribution in [2.24, 2.45) is 0 Å². The zero-order valence-electron chi connectivity index (χ0n) is 35.5. The van der Waals surface area contributed by atoms with Crippen LogP contribution in [0.4, 0.5) is 5.82 Å². The summed E-state index contributed by atoms with van der Waals surface area (Å²) in [6.45, 7) is 10.6. The van der Waals surface area contributed by atoms with Gasteiger partial charge in [0.15, 0.2) is 37.6 Å². The van der Waals surface area contributed by atoms with Crippen molar-refractivity contribution in [2.45, 2.75) is 69.0 Å². The summed E-state index contributed by atoms with van der Waals surface area (Å²) < 4.78 is 59.2. The third-order valence-electron chi connectivity index (χ3n) is 11.4. The van der Waals surface area contributed by atoms with Crippen LogP contribution in [0, 0.1) is 0 Å². The molecule has 0 radical (unpaired) electrons. The van der Waals surface area contributed by atoms with E-state index in [1.165, 1.54) is 13.4 Å². The zero-order chi connectivity index (χ0) is 43.4. The number of benzene rings is 4. The quantitative estimate of drug-likeness (QED) is 0.0561. The maximum atomic E-state index is 13.3. The van der Waals surface area contributed by atoms with Gasteiger partial charge in [-0.15, -0.1) is 9.05 Å². The van der Waals surface area contributed by atoms with Crippen LogP contribution in [0.5, 0.6) is 11.5 Å². The summed E-state index contributed by atoms with van der Waals surface area (Å²) in [7, 11) is -0.667. The summed E-state index contributed by atoms with van der Waals surface area (Å²) >= 11 is 0. The van der Waals surface area contributed by atoms with Gasteiger partial charge in [-0.3, -0.25) is 9.36 Å². The van der Waals surface area contributed by atoms with Gasteiger partial charge >= 0.3 is 8.25 Å². The number of nitrogens with zero attached hydrogens (tertiary/aromatic N) is 4. The second-order valence-electron chi connectivity index (χ2n) is 16.1. The lowest BCUT2D eigenvalue weighted by Gasteiger charge is -2.40. The van der Waals surface area contributed by atoms with Gasteiger partial charge in [-0.1, -0.05) is 93.6 Å². The fraction of sp³-hybridized carbons (Fsp3) is 0.333. The van der Waals surface area contributed by atoms with Gasteiger partial charge in [-0.05, 0) is 71.2 Å². The normalized spacial score (nSPS) is 18.5. The van der Waals surface area contributed by atoms with Gasteiger partial charge in [-0.2, -0.15) is 0 Å². The molecule has 2 aromatic heterocycles. The number of methoxy groups -OCH3 is 2. The smallest absolute Gasteiger partial charge is 0.497 e. The first-order valence-corrected chi connectivity index (χ1v) is 23.8. The van der Waals surface area contributed by atoms with E-state index < -0.39 is 46.7 Å². The highest BCUT2D eigenvalue weighted by Gasteiger charge is 2.56. The minimum absolute atomic E-state index is 0.0711. The van der Waals surface area contributed by atoms with E-state index in [9.17, 15) is 9.36 Å². The molecular formula is C45H51N5O9PSi+. The molecule has 1 amide bonds. The van der Waals surface area contributed by atoms with Gasteiger partial charge in [0, 0.05) is 10.1 Å². The van der Waals surface area contributed by atoms with E-state index >= 15 is 0 Å². The molecule has 4 aromatic carbocycles. The van der Waals surface area contributed by atoms with Crippen LogP contribution < -0.4 is 14.8 Å². The lowest BCUT2D eigenvalue weighted by Crippen LogP contribution is -2.49. The summed E-state index contributed by atoms with van der Waals surface area (Å²) in [5.41, 5.74) is 2.44. The Bertz CT molecular complexity index is 2380. The third kappa shape index (κ3) is 9.00. The maximum Gasteiger partial charge on any atom is 0.697 e. The summed E-state index contributed by atoms with van der Waals surface area (Å²) in [6.07, 6.45) is -0.702. The van der Waals surface area contributed by atoms with Crippen LogP contribution >= 0.6 is 8.25 Å². The molecule has 0 bridgehead atoms. The number of ether oxygens (including phenoxy) is 4. The lowest BCUT2D eigenvalue weighted by atomic mass is 9.80. The lowest BCUT2D eigenvalue weighted by molar-refractivity contribution is -0.0921. The third-order valence-corrected chi connectivity index (χ3v) is 16.6. The maximum absolute atomic E-state index is 13.3. The summed E-state index contributed by atoms with van der Waals surface area (Å²) in [6, 6.07) is 34.2. The molecule has 14 nitrogen and oxygen atoms in total. The number of hydrogen-bond donors (Lipinski definition) is 1. The molecule has 1 saturated heterocycles. The van der Waals surface area contributed by atoms with Crippen LogP contribution in [-0.2, 0) is 33.1 Å². The average molecular weight is 865 g/mol. The van der Waals surface area contributed by atoms with Crippen molar-refractivity contribution >= 4 is 39.5 Å². The Kier molecular flexibility index (Phi) is 13.1. The van der Waals surface area contributed by atoms with E-state index in [1.54, 1.807) is 49.4 Å². The Hall–Kier alpha value is -5.38. The van der Waals surface area contributed by atoms with Crippen molar-refractivity contribution in [2.75, 3.05) is 33.3 Å². The number of aromatic nitrogens is 4. The van der Waals surface area contributed by atoms with Crippen molar-refractivity contribution in [3.05, 3.63) is 144 Å². The van der Waals surface area contributed by atoms with Gasteiger partial charge in [0.2, 0.25) is 0 Å². The number of nitrogens with one attached hydrogen (secondary N) is 1. The van der Waals surface area contributed by atoms with Gasteiger partial charge < -0.3 is 28.7 Å². The van der Waals surface area contributed by atoms with Gasteiger partial charge in [0.05, 0.1) is 34.3 Å². The van der Waals surface area contributed by atoms with Crippen LogP contribution in [0.3, 0.4) is 0 Å². The monoisotopic (exact) mass is 864 g/mol.